The van der Waals surface area contributed by atoms with Gasteiger partial charge in [0.1, 0.15) is 0 Å². The average Bonchev–Trinajstić information content (AvgIpc) is 2.66. The SMILES string of the molecule is CON(C)C(=O)C1C(C(=O)O)C1(C)C. The van der Waals surface area contributed by atoms with E-state index in [0.29, 0.717) is 0 Å². The first-order chi connectivity index (χ1) is 6.34. The highest BCUT2D eigenvalue weighted by Crippen LogP contribution is 2.58. The molecule has 0 bridgehead atoms. The van der Waals surface area contributed by atoms with Gasteiger partial charge in [-0.05, 0) is 5.41 Å². The third-order valence-corrected chi connectivity index (χ3v) is 2.94. The van der Waals surface area contributed by atoms with Gasteiger partial charge in [-0.15, -0.1) is 0 Å². The van der Waals surface area contributed by atoms with E-state index in [2.05, 4.69) is 0 Å². The van der Waals surface area contributed by atoms with Crippen LogP contribution in [-0.2, 0) is 14.4 Å². The van der Waals surface area contributed by atoms with Crippen molar-refractivity contribution in [3.05, 3.63) is 0 Å². The summed E-state index contributed by atoms with van der Waals surface area (Å²) >= 11 is 0. The maximum Gasteiger partial charge on any atom is 0.307 e. The highest BCUT2D eigenvalue weighted by Gasteiger charge is 2.66. The van der Waals surface area contributed by atoms with E-state index in [-0.39, 0.29) is 5.91 Å². The van der Waals surface area contributed by atoms with E-state index >= 15 is 0 Å². The molecule has 0 heterocycles. The second kappa shape index (κ2) is 3.24. The normalized spacial score (nSPS) is 28.3. The Hall–Kier alpha value is -1.10. The molecule has 5 heteroatoms. The van der Waals surface area contributed by atoms with E-state index in [1.807, 2.05) is 0 Å². The molecule has 1 rings (SSSR count). The van der Waals surface area contributed by atoms with Crippen LogP contribution in [0.3, 0.4) is 0 Å². The van der Waals surface area contributed by atoms with Gasteiger partial charge >= 0.3 is 5.97 Å². The van der Waals surface area contributed by atoms with Gasteiger partial charge in [0.25, 0.3) is 0 Å². The smallest absolute Gasteiger partial charge is 0.307 e. The third kappa shape index (κ3) is 1.48. The fraction of sp³-hybridized carbons (Fsp3) is 0.778. The summed E-state index contributed by atoms with van der Waals surface area (Å²) in [6, 6.07) is 0. The van der Waals surface area contributed by atoms with Gasteiger partial charge in [-0.2, -0.15) is 0 Å². The summed E-state index contributed by atoms with van der Waals surface area (Å²) in [6.45, 7) is 3.55. The Morgan fingerprint density at radius 3 is 2.14 bits per heavy atom. The monoisotopic (exact) mass is 201 g/mol. The molecule has 5 nitrogen and oxygen atoms in total. The van der Waals surface area contributed by atoms with E-state index in [1.54, 1.807) is 13.8 Å². The van der Waals surface area contributed by atoms with Gasteiger partial charge in [-0.1, -0.05) is 13.8 Å². The fourth-order valence-corrected chi connectivity index (χ4v) is 1.85. The van der Waals surface area contributed by atoms with Gasteiger partial charge in [0.15, 0.2) is 0 Å². The minimum Gasteiger partial charge on any atom is -0.481 e. The lowest BCUT2D eigenvalue weighted by molar-refractivity contribution is -0.171. The van der Waals surface area contributed by atoms with Crippen LogP contribution < -0.4 is 0 Å². The Labute approximate surface area is 82.6 Å². The van der Waals surface area contributed by atoms with Gasteiger partial charge in [-0.3, -0.25) is 14.4 Å². The van der Waals surface area contributed by atoms with Gasteiger partial charge in [0.2, 0.25) is 5.91 Å². The maximum atomic E-state index is 11.6. The Kier molecular flexibility index (Phi) is 2.54. The van der Waals surface area contributed by atoms with Crippen LogP contribution in [0.15, 0.2) is 0 Å². The number of rotatable bonds is 3. The van der Waals surface area contributed by atoms with Crippen molar-refractivity contribution in [1.82, 2.24) is 5.06 Å². The van der Waals surface area contributed by atoms with Gasteiger partial charge in [0.05, 0.1) is 18.9 Å². The van der Waals surface area contributed by atoms with E-state index in [9.17, 15) is 9.59 Å². The zero-order valence-corrected chi connectivity index (χ0v) is 8.77. The standard InChI is InChI=1S/C9H15NO4/c1-9(2)5(6(9)8(12)13)7(11)10(3)14-4/h5-6H,1-4H3,(H,12,13). The molecule has 0 spiro atoms. The Bertz CT molecular complexity index is 274. The molecular weight excluding hydrogens is 186 g/mol. The first-order valence-corrected chi connectivity index (χ1v) is 4.38. The van der Waals surface area contributed by atoms with Crippen molar-refractivity contribution < 1.29 is 19.5 Å². The first-order valence-electron chi connectivity index (χ1n) is 4.38. The minimum atomic E-state index is -0.919. The Morgan fingerprint density at radius 1 is 1.36 bits per heavy atom. The van der Waals surface area contributed by atoms with Crippen molar-refractivity contribution >= 4 is 11.9 Å². The number of nitrogens with zero attached hydrogens (tertiary/aromatic N) is 1. The molecule has 0 saturated heterocycles. The van der Waals surface area contributed by atoms with E-state index < -0.39 is 23.2 Å². The van der Waals surface area contributed by atoms with E-state index in [4.69, 9.17) is 9.94 Å². The topological polar surface area (TPSA) is 66.8 Å². The molecule has 1 saturated carbocycles. The summed E-state index contributed by atoms with van der Waals surface area (Å²) in [5.74, 6) is -2.25. The van der Waals surface area contributed by atoms with Crippen LogP contribution in [0.5, 0.6) is 0 Å². The second-order valence-corrected chi connectivity index (χ2v) is 4.13. The second-order valence-electron chi connectivity index (χ2n) is 4.13. The molecular formula is C9H15NO4. The molecule has 0 aromatic heterocycles. The Balaban J connectivity index is 2.74. The molecule has 1 amide bonds. The summed E-state index contributed by atoms with van der Waals surface area (Å²) < 4.78 is 0. The molecule has 0 radical (unpaired) electrons. The molecule has 0 aromatic carbocycles. The number of carboxylic acids is 1. The quantitative estimate of drug-likeness (QED) is 0.669. The van der Waals surface area contributed by atoms with Gasteiger partial charge < -0.3 is 5.11 Å². The zero-order chi connectivity index (χ0) is 11.1. The molecule has 80 valence electrons. The highest BCUT2D eigenvalue weighted by atomic mass is 16.7. The van der Waals surface area contributed by atoms with Gasteiger partial charge in [0, 0.05) is 7.05 Å². The highest BCUT2D eigenvalue weighted by molar-refractivity contribution is 5.91. The van der Waals surface area contributed by atoms with Crippen LogP contribution in [-0.4, -0.2) is 36.2 Å². The van der Waals surface area contributed by atoms with Gasteiger partial charge in [-0.25, -0.2) is 5.06 Å². The summed E-state index contributed by atoms with van der Waals surface area (Å²) in [5, 5.41) is 9.93. The van der Waals surface area contributed by atoms with Crippen molar-refractivity contribution in [2.75, 3.05) is 14.2 Å². The fourth-order valence-electron chi connectivity index (χ4n) is 1.85. The van der Waals surface area contributed by atoms with Crippen molar-refractivity contribution in [3.8, 4) is 0 Å². The van der Waals surface area contributed by atoms with Crippen molar-refractivity contribution in [3.63, 3.8) is 0 Å². The summed E-state index contributed by atoms with van der Waals surface area (Å²) in [4.78, 5) is 27.1. The number of amides is 1. The third-order valence-electron chi connectivity index (χ3n) is 2.94. The predicted octanol–water partition coefficient (Wildman–Crippen LogP) is 0.363. The lowest BCUT2D eigenvalue weighted by Gasteiger charge is -2.13. The van der Waals surface area contributed by atoms with E-state index in [1.165, 1.54) is 14.2 Å². The average molecular weight is 201 g/mol. The number of hydroxylamine groups is 2. The number of hydrogen-bond donors (Lipinski definition) is 1. The van der Waals surface area contributed by atoms with Crippen molar-refractivity contribution in [2.45, 2.75) is 13.8 Å². The summed E-state index contributed by atoms with van der Waals surface area (Å²) in [5.41, 5.74) is -0.463. The number of aliphatic carboxylic acids is 1. The zero-order valence-electron chi connectivity index (χ0n) is 8.77. The molecule has 1 aliphatic carbocycles. The van der Waals surface area contributed by atoms with Crippen LogP contribution in [0.2, 0.25) is 0 Å². The minimum absolute atomic E-state index is 0.273. The molecule has 14 heavy (non-hydrogen) atoms. The van der Waals surface area contributed by atoms with Crippen LogP contribution in [0, 0.1) is 17.3 Å². The molecule has 1 fully saturated rings. The predicted molar refractivity (Wildman–Crippen MR) is 48.2 cm³/mol. The number of carbonyl (C=O) groups is 2. The first kappa shape index (κ1) is 11.0. The number of hydrogen-bond acceptors (Lipinski definition) is 3. The largest absolute Gasteiger partial charge is 0.481 e. The number of carboxylic acid groups (broad SMARTS) is 1. The van der Waals surface area contributed by atoms with Crippen molar-refractivity contribution in [2.24, 2.45) is 17.3 Å². The van der Waals surface area contributed by atoms with Crippen LogP contribution in [0.4, 0.5) is 0 Å². The van der Waals surface area contributed by atoms with E-state index in [0.717, 1.165) is 5.06 Å². The summed E-state index contributed by atoms with van der Waals surface area (Å²) in [6.07, 6.45) is 0. The molecule has 2 unspecified atom stereocenters. The van der Waals surface area contributed by atoms with Crippen LogP contribution >= 0.6 is 0 Å². The van der Waals surface area contributed by atoms with Crippen LogP contribution in [0.25, 0.3) is 0 Å². The Morgan fingerprint density at radius 2 is 1.86 bits per heavy atom. The van der Waals surface area contributed by atoms with Crippen molar-refractivity contribution in [1.29, 1.82) is 0 Å². The maximum absolute atomic E-state index is 11.6. The molecule has 0 aliphatic heterocycles. The lowest BCUT2D eigenvalue weighted by atomic mass is 10.1. The molecule has 2 atom stereocenters. The molecule has 1 N–H and O–H groups in total. The summed E-state index contributed by atoms with van der Waals surface area (Å²) in [7, 11) is 2.86. The molecule has 1 aliphatic rings. The number of carbonyl (C=O) groups excluding carboxylic acids is 1. The molecule has 0 aromatic rings. The van der Waals surface area contributed by atoms with Crippen LogP contribution in [0.1, 0.15) is 13.8 Å². The lowest BCUT2D eigenvalue weighted by Crippen LogP contribution is -2.28.